The van der Waals surface area contributed by atoms with Crippen LogP contribution in [0.3, 0.4) is 0 Å². The van der Waals surface area contributed by atoms with Crippen LogP contribution in [0.1, 0.15) is 48.4 Å². The molecular formula is C53H65N11O11S2. The zero-order chi connectivity index (χ0) is 55.4. The Morgan fingerprint density at radius 3 is 1.94 bits per heavy atom. The van der Waals surface area contributed by atoms with Gasteiger partial charge in [-0.3, -0.25) is 33.6 Å². The molecule has 1 aliphatic heterocycles. The van der Waals surface area contributed by atoms with Gasteiger partial charge in [0.05, 0.1) is 6.10 Å². The molecule has 9 amide bonds. The fraction of sp³-hybridized carbons (Fsp3) is 0.358. The number of aliphatic hydroxyl groups is 1. The molecule has 0 bridgehead atoms. The lowest BCUT2D eigenvalue weighted by molar-refractivity contribution is -0.136. The number of carbonyl (C=O) groups is 8. The number of nitrogens with one attached hydrogen (secondary N) is 9. The number of nitrogens with two attached hydrogens (primary N) is 2. The van der Waals surface area contributed by atoms with Gasteiger partial charge >= 0.3 is 6.03 Å². The van der Waals surface area contributed by atoms with Gasteiger partial charge in [-0.25, -0.2) is 4.79 Å². The van der Waals surface area contributed by atoms with E-state index in [1.54, 1.807) is 48.7 Å². The summed E-state index contributed by atoms with van der Waals surface area (Å²) in [6, 6.07) is 17.2. The molecule has 8 atom stereocenters. The minimum atomic E-state index is -1.71. The maximum absolute atomic E-state index is 14.8. The van der Waals surface area contributed by atoms with Crippen LogP contribution < -0.4 is 54.0 Å². The van der Waals surface area contributed by atoms with E-state index in [0.29, 0.717) is 29.5 Å². The number of phenols is 2. The van der Waals surface area contributed by atoms with Crippen molar-refractivity contribution in [3.8, 4) is 11.5 Å². The number of benzene rings is 4. The number of carbonyl (C=O) groups excluding carboxylic acids is 8. The predicted molar refractivity (Wildman–Crippen MR) is 292 cm³/mol. The second kappa shape index (κ2) is 28.9. The smallest absolute Gasteiger partial charge is 0.315 e. The third-order valence-corrected chi connectivity index (χ3v) is 14.9. The lowest BCUT2D eigenvalue weighted by Crippen LogP contribution is -2.62. The standard InChI is InChI=1S/C53H65N11O11S2/c1-30(65)45-52(74)62-43(50(72)59-40(46(55)68)23-31-14-18-35(66)19-15-31)28-76-77-29-44(63-53(75)57-26-33-9-3-2-4-10-33)51(73)60-41(24-32-16-20-36(67)21-17-32)48(70)61-42(25-34-27-56-38-12-6-5-11-37(34)38)49(71)58-39(47(69)64-45)13-7-8-22-54/h2-6,9-12,14-21,27,30,39-45,56,65-67H,7-8,13,22-26,28-29,54H2,1H3,(H2,55,68)(H,58,71)(H,59,72)(H,60,73)(H,61,70)(H,62,74)(H,64,69)(H2,57,63,75)/t30-,39+,40-,41+,42-,43+,44+,45+/m1/s1. The first kappa shape index (κ1) is 58.5. The summed E-state index contributed by atoms with van der Waals surface area (Å²) >= 11 is 0. The molecule has 2 heterocycles. The molecule has 0 aliphatic carbocycles. The summed E-state index contributed by atoms with van der Waals surface area (Å²) in [6.07, 6.45) is 0.482. The molecule has 410 valence electrons. The Balaban J connectivity index is 1.38. The quantitative estimate of drug-likeness (QED) is 0.0452. The zero-order valence-corrected chi connectivity index (χ0v) is 43.8. The lowest BCUT2D eigenvalue weighted by atomic mass is 10.0. The van der Waals surface area contributed by atoms with Gasteiger partial charge in [0.15, 0.2) is 0 Å². The van der Waals surface area contributed by atoms with Crippen LogP contribution in [0.15, 0.2) is 109 Å². The third-order valence-electron chi connectivity index (χ3n) is 12.5. The highest BCUT2D eigenvalue weighted by atomic mass is 33.1. The molecule has 1 aliphatic rings. The summed E-state index contributed by atoms with van der Waals surface area (Å²) in [5, 5.41) is 53.1. The Morgan fingerprint density at radius 1 is 0.675 bits per heavy atom. The van der Waals surface area contributed by atoms with Crippen molar-refractivity contribution in [1.82, 2.24) is 47.5 Å². The number of fused-ring (bicyclic) bond motifs is 1. The van der Waals surface area contributed by atoms with E-state index in [1.165, 1.54) is 43.3 Å². The Bertz CT molecular complexity index is 2820. The van der Waals surface area contributed by atoms with E-state index < -0.39 is 95.8 Å². The van der Waals surface area contributed by atoms with Crippen LogP contribution in [0.4, 0.5) is 4.79 Å². The predicted octanol–water partition coefficient (Wildman–Crippen LogP) is 0.774. The SMILES string of the molecule is C[C@@H](O)[C@@H]1NC(=O)[C@H](CCCCN)NC(=O)[C@@H](Cc2c[nH]c3ccccc23)NC(=O)[C@H](Cc2ccc(O)cc2)NC(=O)[C@@H](NC(=O)NCc2ccccc2)CSSC[C@@H](C(=O)N[C@H](Cc2ccc(O)cc2)C(N)=O)NC1=O. The van der Waals surface area contributed by atoms with Crippen LogP contribution >= 0.6 is 21.6 Å². The molecular weight excluding hydrogens is 1030 g/mol. The summed E-state index contributed by atoms with van der Waals surface area (Å²) in [7, 11) is 1.99. The highest BCUT2D eigenvalue weighted by Crippen LogP contribution is 2.25. The third kappa shape index (κ3) is 17.9. The average Bonchev–Trinajstić information content (AvgIpc) is 3.83. The van der Waals surface area contributed by atoms with Gasteiger partial charge < -0.3 is 74.3 Å². The molecule has 1 aromatic heterocycles. The fourth-order valence-electron chi connectivity index (χ4n) is 8.25. The van der Waals surface area contributed by atoms with Gasteiger partial charge in [-0.2, -0.15) is 0 Å². The molecule has 22 nitrogen and oxygen atoms in total. The van der Waals surface area contributed by atoms with E-state index in [0.717, 1.165) is 38.1 Å². The van der Waals surface area contributed by atoms with E-state index in [-0.39, 0.29) is 61.8 Å². The number of phenolic OH excluding ortho intramolecular Hbond substituents is 2. The number of aromatic amines is 1. The number of aromatic nitrogens is 1. The molecule has 0 saturated carbocycles. The molecule has 0 unspecified atom stereocenters. The topological polar surface area (TPSA) is 361 Å². The van der Waals surface area contributed by atoms with Crippen LogP contribution in [0, 0.1) is 0 Å². The molecule has 16 N–H and O–H groups in total. The van der Waals surface area contributed by atoms with Gasteiger partial charge in [0.2, 0.25) is 41.4 Å². The number of H-pyrrole nitrogens is 1. The molecule has 24 heteroatoms. The Labute approximate surface area is 452 Å². The monoisotopic (exact) mass is 1100 g/mol. The van der Waals surface area contributed by atoms with Crippen molar-refractivity contribution in [2.45, 2.75) is 100 Å². The number of aromatic hydroxyl groups is 2. The average molecular weight is 1100 g/mol. The van der Waals surface area contributed by atoms with Crippen molar-refractivity contribution in [2.24, 2.45) is 11.5 Å². The molecule has 0 spiro atoms. The van der Waals surface area contributed by atoms with E-state index in [9.17, 15) is 53.7 Å². The molecule has 6 rings (SSSR count). The number of unbranched alkanes of at least 4 members (excludes halogenated alkanes) is 1. The minimum Gasteiger partial charge on any atom is -0.508 e. The number of amides is 9. The number of rotatable bonds is 17. The van der Waals surface area contributed by atoms with Gasteiger partial charge in [0.25, 0.3) is 0 Å². The Hall–Kier alpha value is -7.80. The van der Waals surface area contributed by atoms with E-state index >= 15 is 0 Å². The van der Waals surface area contributed by atoms with Crippen LogP contribution in [-0.2, 0) is 59.4 Å². The normalized spacial score (nSPS) is 20.9. The maximum Gasteiger partial charge on any atom is 0.315 e. The van der Waals surface area contributed by atoms with Crippen LogP contribution in [0.25, 0.3) is 10.9 Å². The van der Waals surface area contributed by atoms with Crippen molar-refractivity contribution < 1.29 is 53.7 Å². The van der Waals surface area contributed by atoms with Gasteiger partial charge in [-0.05, 0) is 85.3 Å². The second-order valence-electron chi connectivity index (χ2n) is 18.5. The number of para-hydroxylation sites is 1. The Kier molecular flexibility index (Phi) is 22.0. The largest absolute Gasteiger partial charge is 0.508 e. The molecule has 1 fully saturated rings. The van der Waals surface area contributed by atoms with Crippen molar-refractivity contribution in [3.63, 3.8) is 0 Å². The Morgan fingerprint density at radius 2 is 1.27 bits per heavy atom. The van der Waals surface area contributed by atoms with Gasteiger partial charge in [-0.15, -0.1) is 0 Å². The molecule has 0 radical (unpaired) electrons. The molecule has 5 aromatic rings. The van der Waals surface area contributed by atoms with Crippen molar-refractivity contribution in [2.75, 3.05) is 18.1 Å². The number of hydrogen-bond donors (Lipinski definition) is 14. The zero-order valence-electron chi connectivity index (χ0n) is 42.2. The first-order chi connectivity index (χ1) is 37.0. The second-order valence-corrected chi connectivity index (χ2v) is 21.0. The highest BCUT2D eigenvalue weighted by Gasteiger charge is 2.36. The summed E-state index contributed by atoms with van der Waals surface area (Å²) in [5.41, 5.74) is 14.7. The molecule has 4 aromatic carbocycles. The van der Waals surface area contributed by atoms with Crippen LogP contribution in [-0.4, -0.2) is 134 Å². The van der Waals surface area contributed by atoms with Crippen molar-refractivity contribution in [3.05, 3.63) is 132 Å². The summed E-state index contributed by atoms with van der Waals surface area (Å²) < 4.78 is 0. The van der Waals surface area contributed by atoms with Gasteiger partial charge in [0, 0.05) is 54.4 Å². The maximum atomic E-state index is 14.8. The van der Waals surface area contributed by atoms with Gasteiger partial charge in [-0.1, -0.05) is 94.4 Å². The van der Waals surface area contributed by atoms with Crippen molar-refractivity contribution in [1.29, 1.82) is 0 Å². The lowest BCUT2D eigenvalue weighted by Gasteiger charge is -2.29. The minimum absolute atomic E-state index is 0.00203. The van der Waals surface area contributed by atoms with E-state index in [1.807, 2.05) is 24.3 Å². The molecule has 1 saturated heterocycles. The van der Waals surface area contributed by atoms with Crippen molar-refractivity contribution >= 4 is 79.9 Å². The first-order valence-corrected chi connectivity index (χ1v) is 27.4. The molecule has 77 heavy (non-hydrogen) atoms. The van der Waals surface area contributed by atoms with Gasteiger partial charge in [0.1, 0.15) is 53.8 Å². The highest BCUT2D eigenvalue weighted by molar-refractivity contribution is 8.76. The fourth-order valence-corrected chi connectivity index (χ4v) is 10.6. The summed E-state index contributed by atoms with van der Waals surface area (Å²) in [4.78, 5) is 116. The number of aliphatic hydroxyl groups excluding tert-OH is 1. The van der Waals surface area contributed by atoms with E-state index in [4.69, 9.17) is 11.5 Å². The summed E-state index contributed by atoms with van der Waals surface area (Å²) in [5.74, 6) is -6.74. The first-order valence-electron chi connectivity index (χ1n) is 24.9. The summed E-state index contributed by atoms with van der Waals surface area (Å²) in [6.45, 7) is 1.57. The van der Waals surface area contributed by atoms with Crippen LogP contribution in [0.2, 0.25) is 0 Å². The van der Waals surface area contributed by atoms with E-state index in [2.05, 4.69) is 47.5 Å². The van der Waals surface area contributed by atoms with Crippen LogP contribution in [0.5, 0.6) is 11.5 Å². The number of primary amides is 1. The number of hydrogen-bond acceptors (Lipinski definition) is 14. The number of urea groups is 1.